The van der Waals surface area contributed by atoms with E-state index in [0.717, 1.165) is 43.4 Å². The maximum Gasteiger partial charge on any atom is 0.471 e. The van der Waals surface area contributed by atoms with Gasteiger partial charge in [0.15, 0.2) is 0 Å². The van der Waals surface area contributed by atoms with Crippen LogP contribution in [0, 0.1) is 29.1 Å². The minimum absolute atomic E-state index is 0.178. The lowest BCUT2D eigenvalue weighted by molar-refractivity contribution is -0.193. The summed E-state index contributed by atoms with van der Waals surface area (Å²) in [5.41, 5.74) is -0.448. The minimum Gasteiger partial charge on any atom is -0.393 e. The first-order valence-electron chi connectivity index (χ1n) is 10.1. The van der Waals surface area contributed by atoms with E-state index in [9.17, 15) is 23.1 Å². The monoisotopic (exact) mass is 373 g/mol. The Labute approximate surface area is 153 Å². The van der Waals surface area contributed by atoms with Crippen LogP contribution in [0.2, 0.25) is 0 Å². The molecular weight excluding hydrogens is 343 g/mol. The van der Waals surface area contributed by atoms with E-state index in [1.807, 2.05) is 6.92 Å². The van der Waals surface area contributed by atoms with Gasteiger partial charge in [-0.2, -0.15) is 13.2 Å². The molecule has 7 atom stereocenters. The molecule has 6 heteroatoms. The number of nitrogens with zero attached hydrogens (tertiary/aromatic N) is 1. The predicted molar refractivity (Wildman–Crippen MR) is 91.2 cm³/mol. The van der Waals surface area contributed by atoms with Crippen LogP contribution in [0.15, 0.2) is 0 Å². The molecule has 26 heavy (non-hydrogen) atoms. The van der Waals surface area contributed by atoms with Crippen LogP contribution < -0.4 is 0 Å². The highest BCUT2D eigenvalue weighted by atomic mass is 19.4. The normalized spacial score (nSPS) is 48.5. The molecular formula is C20H30F3NO2. The van der Waals surface area contributed by atoms with Crippen LogP contribution in [-0.2, 0) is 4.79 Å². The number of halogens is 3. The SMILES string of the molecule is C[C@]12CC[C@H](O)C[C@@H]1CC[C@@H]1[C@@H]2CC[C@@]2(C)[C@H]1CCN2C(=O)C(F)(F)F. The van der Waals surface area contributed by atoms with Crippen molar-refractivity contribution in [3.05, 3.63) is 0 Å². The highest BCUT2D eigenvalue weighted by Crippen LogP contribution is 2.63. The Bertz CT molecular complexity index is 594. The van der Waals surface area contributed by atoms with Crippen LogP contribution in [0.3, 0.4) is 0 Å². The fourth-order valence-electron chi connectivity index (χ4n) is 7.41. The van der Waals surface area contributed by atoms with Crippen molar-refractivity contribution < 1.29 is 23.1 Å². The van der Waals surface area contributed by atoms with Crippen LogP contribution in [0.5, 0.6) is 0 Å². The number of alkyl halides is 3. The Morgan fingerprint density at radius 3 is 2.46 bits per heavy atom. The Hall–Kier alpha value is -0.780. The number of likely N-dealkylation sites (tertiary alicyclic amines) is 1. The summed E-state index contributed by atoms with van der Waals surface area (Å²) in [7, 11) is 0. The molecule has 0 bridgehead atoms. The van der Waals surface area contributed by atoms with Gasteiger partial charge in [0.05, 0.1) is 6.10 Å². The molecule has 1 amide bonds. The van der Waals surface area contributed by atoms with Gasteiger partial charge in [0.2, 0.25) is 0 Å². The van der Waals surface area contributed by atoms with E-state index in [1.54, 1.807) is 0 Å². The highest BCUT2D eigenvalue weighted by molar-refractivity contribution is 5.83. The Kier molecular flexibility index (Phi) is 4.18. The van der Waals surface area contributed by atoms with Crippen molar-refractivity contribution in [3.8, 4) is 0 Å². The van der Waals surface area contributed by atoms with Gasteiger partial charge in [-0.3, -0.25) is 4.79 Å². The van der Waals surface area contributed by atoms with Crippen LogP contribution in [-0.4, -0.2) is 40.3 Å². The van der Waals surface area contributed by atoms with Crippen LogP contribution in [0.1, 0.15) is 65.2 Å². The summed E-state index contributed by atoms with van der Waals surface area (Å²) in [5.74, 6) is -0.00554. The molecule has 0 unspecified atom stereocenters. The molecule has 0 spiro atoms. The lowest BCUT2D eigenvalue weighted by Gasteiger charge is -2.60. The zero-order valence-corrected chi connectivity index (χ0v) is 15.7. The lowest BCUT2D eigenvalue weighted by atomic mass is 9.46. The van der Waals surface area contributed by atoms with Gasteiger partial charge < -0.3 is 10.0 Å². The molecule has 3 nitrogen and oxygen atoms in total. The second-order valence-corrected chi connectivity index (χ2v) is 9.72. The zero-order valence-electron chi connectivity index (χ0n) is 15.7. The lowest BCUT2D eigenvalue weighted by Crippen LogP contribution is -2.60. The fourth-order valence-corrected chi connectivity index (χ4v) is 7.41. The topological polar surface area (TPSA) is 40.5 Å². The van der Waals surface area contributed by atoms with E-state index in [1.165, 1.54) is 0 Å². The van der Waals surface area contributed by atoms with Gasteiger partial charge in [-0.05, 0) is 87.4 Å². The number of rotatable bonds is 0. The smallest absolute Gasteiger partial charge is 0.393 e. The summed E-state index contributed by atoms with van der Waals surface area (Å²) in [6, 6.07) is 0. The maximum absolute atomic E-state index is 13.1. The fraction of sp³-hybridized carbons (Fsp3) is 0.950. The molecule has 148 valence electrons. The third-order valence-corrected chi connectivity index (χ3v) is 8.76. The molecule has 4 rings (SSSR count). The van der Waals surface area contributed by atoms with Crippen molar-refractivity contribution in [3.63, 3.8) is 0 Å². The number of hydrogen-bond acceptors (Lipinski definition) is 2. The summed E-state index contributed by atoms with van der Waals surface area (Å²) in [6.45, 7) is 4.49. The number of amides is 1. The van der Waals surface area contributed by atoms with E-state index in [4.69, 9.17) is 0 Å². The number of carbonyl (C=O) groups excluding carboxylic acids is 1. The molecule has 0 radical (unpaired) electrons. The molecule has 3 saturated carbocycles. The Balaban J connectivity index is 1.59. The average molecular weight is 373 g/mol. The van der Waals surface area contributed by atoms with Gasteiger partial charge in [0.25, 0.3) is 0 Å². The van der Waals surface area contributed by atoms with Crippen LogP contribution in [0.25, 0.3) is 0 Å². The Morgan fingerprint density at radius 1 is 1.04 bits per heavy atom. The van der Waals surface area contributed by atoms with E-state index >= 15 is 0 Å². The second kappa shape index (κ2) is 5.86. The summed E-state index contributed by atoms with van der Waals surface area (Å²) in [6.07, 6.45) is 2.14. The number of fused-ring (bicyclic) bond motifs is 5. The summed E-state index contributed by atoms with van der Waals surface area (Å²) in [4.78, 5) is 13.1. The molecule has 1 N–H and O–H groups in total. The van der Waals surface area contributed by atoms with Gasteiger partial charge in [0, 0.05) is 12.1 Å². The average Bonchev–Trinajstić information content (AvgIpc) is 2.91. The third kappa shape index (κ3) is 2.54. The quantitative estimate of drug-likeness (QED) is 0.693. The maximum atomic E-state index is 13.1. The summed E-state index contributed by atoms with van der Waals surface area (Å²) >= 11 is 0. The molecule has 0 aromatic rings. The van der Waals surface area contributed by atoms with Crippen molar-refractivity contribution in [1.29, 1.82) is 0 Å². The summed E-state index contributed by atoms with van der Waals surface area (Å²) < 4.78 is 39.2. The number of hydrogen-bond donors (Lipinski definition) is 1. The predicted octanol–water partition coefficient (Wildman–Crippen LogP) is 4.14. The minimum atomic E-state index is -4.78. The zero-order chi connectivity index (χ0) is 18.9. The molecule has 0 aromatic carbocycles. The second-order valence-electron chi connectivity index (χ2n) is 9.72. The van der Waals surface area contributed by atoms with Crippen molar-refractivity contribution in [1.82, 2.24) is 4.90 Å². The van der Waals surface area contributed by atoms with Crippen molar-refractivity contribution in [2.45, 2.75) is 83.0 Å². The third-order valence-electron chi connectivity index (χ3n) is 8.76. The van der Waals surface area contributed by atoms with E-state index in [2.05, 4.69) is 6.92 Å². The van der Waals surface area contributed by atoms with Gasteiger partial charge in [-0.15, -0.1) is 0 Å². The number of carbonyl (C=O) groups is 1. The van der Waals surface area contributed by atoms with Gasteiger partial charge >= 0.3 is 12.1 Å². The highest BCUT2D eigenvalue weighted by Gasteiger charge is 2.62. The van der Waals surface area contributed by atoms with Crippen molar-refractivity contribution in [2.75, 3.05) is 6.54 Å². The van der Waals surface area contributed by atoms with Gasteiger partial charge in [0.1, 0.15) is 0 Å². The van der Waals surface area contributed by atoms with E-state index < -0.39 is 17.6 Å². The summed E-state index contributed by atoms with van der Waals surface area (Å²) in [5, 5.41) is 10.1. The molecule has 1 saturated heterocycles. The Morgan fingerprint density at radius 2 is 1.77 bits per heavy atom. The molecule has 1 aliphatic heterocycles. The van der Waals surface area contributed by atoms with Crippen LogP contribution >= 0.6 is 0 Å². The molecule has 4 fully saturated rings. The largest absolute Gasteiger partial charge is 0.471 e. The first-order valence-corrected chi connectivity index (χ1v) is 10.1. The standard InChI is InChI=1S/C20H30F3NO2/c1-18-8-5-13(25)11-12(18)3-4-14-15(18)6-9-19(2)16(14)7-10-24(19)17(26)20(21,22)23/h12-16,25H,3-11H2,1-2H3/t12-,13-,14+,15-,16-,18-,19-/m0/s1. The molecule has 0 aromatic heterocycles. The molecule has 1 heterocycles. The number of aliphatic hydroxyl groups is 1. The van der Waals surface area contributed by atoms with Gasteiger partial charge in [-0.25, -0.2) is 0 Å². The van der Waals surface area contributed by atoms with Gasteiger partial charge in [-0.1, -0.05) is 6.92 Å². The molecule has 3 aliphatic carbocycles. The first kappa shape index (κ1) is 18.6. The van der Waals surface area contributed by atoms with Crippen molar-refractivity contribution in [2.24, 2.45) is 29.1 Å². The molecule has 4 aliphatic rings. The van der Waals surface area contributed by atoms with E-state index in [0.29, 0.717) is 30.6 Å². The van der Waals surface area contributed by atoms with E-state index in [-0.39, 0.29) is 24.0 Å². The number of aliphatic hydroxyl groups excluding tert-OH is 1. The van der Waals surface area contributed by atoms with Crippen LogP contribution in [0.4, 0.5) is 13.2 Å². The van der Waals surface area contributed by atoms with Crippen molar-refractivity contribution >= 4 is 5.91 Å². The first-order chi connectivity index (χ1) is 12.1.